The first-order valence-corrected chi connectivity index (χ1v) is 9.86. The topological polar surface area (TPSA) is 76.9 Å². The standard InChI is InChI=1S/C18H20N4O2S/c1-13-9-15-3-2-4-16(18(15)20-10-13)25(23,24)21-11-14-5-6-17-19-7-8-22(17)12-14/h2-4,7-10,14,21H,5-6,11-12H2,1H3/t14-/m1/s1. The van der Waals surface area contributed by atoms with Gasteiger partial charge in [-0.15, -0.1) is 0 Å². The fourth-order valence-electron chi connectivity index (χ4n) is 3.37. The molecule has 4 rings (SSSR count). The zero-order valence-electron chi connectivity index (χ0n) is 14.0. The van der Waals surface area contributed by atoms with Crippen LogP contribution in [0.5, 0.6) is 0 Å². The van der Waals surface area contributed by atoms with E-state index >= 15 is 0 Å². The number of rotatable bonds is 4. The van der Waals surface area contributed by atoms with E-state index in [0.29, 0.717) is 12.1 Å². The molecule has 0 spiro atoms. The van der Waals surface area contributed by atoms with Crippen molar-refractivity contribution in [2.24, 2.45) is 5.92 Å². The molecule has 1 N–H and O–H groups in total. The quantitative estimate of drug-likeness (QED) is 0.778. The highest BCUT2D eigenvalue weighted by atomic mass is 32.2. The maximum atomic E-state index is 12.8. The Balaban J connectivity index is 1.55. The third-order valence-corrected chi connectivity index (χ3v) is 6.15. The first-order chi connectivity index (χ1) is 12.0. The van der Waals surface area contributed by atoms with Gasteiger partial charge in [0.25, 0.3) is 0 Å². The fraction of sp³-hybridized carbons (Fsp3) is 0.333. The predicted octanol–water partition coefficient (Wildman–Crippen LogP) is 2.28. The summed E-state index contributed by atoms with van der Waals surface area (Å²) in [5, 5.41) is 0.837. The molecule has 25 heavy (non-hydrogen) atoms. The molecule has 1 aromatic carbocycles. The molecule has 0 bridgehead atoms. The van der Waals surface area contributed by atoms with Gasteiger partial charge < -0.3 is 4.57 Å². The average molecular weight is 356 g/mol. The molecule has 6 nitrogen and oxygen atoms in total. The van der Waals surface area contributed by atoms with Gasteiger partial charge >= 0.3 is 0 Å². The fourth-order valence-corrected chi connectivity index (χ4v) is 4.66. The molecular weight excluding hydrogens is 336 g/mol. The first-order valence-electron chi connectivity index (χ1n) is 8.38. The van der Waals surface area contributed by atoms with Crippen LogP contribution in [0.25, 0.3) is 10.9 Å². The first kappa shape index (κ1) is 16.2. The zero-order chi connectivity index (χ0) is 17.4. The smallest absolute Gasteiger partial charge is 0.242 e. The van der Waals surface area contributed by atoms with Crippen molar-refractivity contribution < 1.29 is 8.42 Å². The molecule has 130 valence electrons. The minimum atomic E-state index is -3.60. The molecular formula is C18H20N4O2S. The Kier molecular flexibility index (Phi) is 4.05. The van der Waals surface area contributed by atoms with E-state index in [1.807, 2.05) is 25.3 Å². The van der Waals surface area contributed by atoms with Crippen LogP contribution in [0.3, 0.4) is 0 Å². The Labute approximate surface area is 147 Å². The van der Waals surface area contributed by atoms with Crippen LogP contribution in [-0.2, 0) is 23.0 Å². The number of pyridine rings is 1. The van der Waals surface area contributed by atoms with Gasteiger partial charge in [-0.2, -0.15) is 0 Å². The highest BCUT2D eigenvalue weighted by Crippen LogP contribution is 2.23. The molecule has 1 aliphatic heterocycles. The number of para-hydroxylation sites is 1. The van der Waals surface area contributed by atoms with Crippen LogP contribution >= 0.6 is 0 Å². The lowest BCUT2D eigenvalue weighted by Crippen LogP contribution is -2.33. The summed E-state index contributed by atoms with van der Waals surface area (Å²) in [5.74, 6) is 1.34. The lowest BCUT2D eigenvalue weighted by molar-refractivity contribution is 0.363. The van der Waals surface area contributed by atoms with Crippen LogP contribution in [0.1, 0.15) is 17.8 Å². The van der Waals surface area contributed by atoms with E-state index in [0.717, 1.165) is 36.2 Å². The number of hydrogen-bond donors (Lipinski definition) is 1. The maximum absolute atomic E-state index is 12.8. The van der Waals surface area contributed by atoms with Gasteiger partial charge in [0.1, 0.15) is 10.7 Å². The maximum Gasteiger partial charge on any atom is 0.242 e. The van der Waals surface area contributed by atoms with Gasteiger partial charge in [0.05, 0.1) is 5.52 Å². The molecule has 0 radical (unpaired) electrons. The normalized spacial score (nSPS) is 17.6. The molecule has 0 fully saturated rings. The van der Waals surface area contributed by atoms with Gasteiger partial charge in [0.15, 0.2) is 0 Å². The molecule has 1 aliphatic rings. The van der Waals surface area contributed by atoms with Gasteiger partial charge in [-0.25, -0.2) is 18.1 Å². The Bertz CT molecular complexity index is 1030. The lowest BCUT2D eigenvalue weighted by atomic mass is 10.00. The van der Waals surface area contributed by atoms with E-state index in [1.54, 1.807) is 24.5 Å². The Morgan fingerprint density at radius 3 is 3.08 bits per heavy atom. The van der Waals surface area contributed by atoms with Crippen molar-refractivity contribution in [2.75, 3.05) is 6.54 Å². The zero-order valence-corrected chi connectivity index (χ0v) is 14.8. The number of aryl methyl sites for hydroxylation is 2. The van der Waals surface area contributed by atoms with Crippen LogP contribution in [0, 0.1) is 12.8 Å². The highest BCUT2D eigenvalue weighted by Gasteiger charge is 2.23. The minimum absolute atomic E-state index is 0.240. The van der Waals surface area contributed by atoms with Gasteiger partial charge in [-0.05, 0) is 37.0 Å². The van der Waals surface area contributed by atoms with Crippen molar-refractivity contribution in [2.45, 2.75) is 31.2 Å². The predicted molar refractivity (Wildman–Crippen MR) is 95.7 cm³/mol. The second-order valence-electron chi connectivity index (χ2n) is 6.59. The summed E-state index contributed by atoms with van der Waals surface area (Å²) in [4.78, 5) is 8.88. The number of nitrogens with one attached hydrogen (secondary N) is 1. The van der Waals surface area contributed by atoms with Gasteiger partial charge in [0, 0.05) is 43.5 Å². The number of sulfonamides is 1. The summed E-state index contributed by atoms with van der Waals surface area (Å²) in [6.45, 7) is 3.16. The number of hydrogen-bond acceptors (Lipinski definition) is 4. The van der Waals surface area contributed by atoms with Crippen molar-refractivity contribution in [1.29, 1.82) is 0 Å². The summed E-state index contributed by atoms with van der Waals surface area (Å²) in [6, 6.07) is 7.21. The summed E-state index contributed by atoms with van der Waals surface area (Å²) in [7, 11) is -3.60. The van der Waals surface area contributed by atoms with Crippen LogP contribution in [0.2, 0.25) is 0 Å². The molecule has 0 saturated heterocycles. The number of benzene rings is 1. The van der Waals surface area contributed by atoms with Crippen LogP contribution < -0.4 is 4.72 Å². The summed E-state index contributed by atoms with van der Waals surface area (Å²) in [5.41, 5.74) is 1.52. The van der Waals surface area contributed by atoms with Crippen molar-refractivity contribution in [3.05, 3.63) is 54.2 Å². The Morgan fingerprint density at radius 2 is 2.20 bits per heavy atom. The van der Waals surface area contributed by atoms with E-state index < -0.39 is 10.0 Å². The Hall–Kier alpha value is -2.25. The molecule has 7 heteroatoms. The number of nitrogens with zero attached hydrogens (tertiary/aromatic N) is 3. The molecule has 3 aromatic rings. The molecule has 1 atom stereocenters. The molecule has 3 heterocycles. The number of fused-ring (bicyclic) bond motifs is 2. The van der Waals surface area contributed by atoms with Crippen molar-refractivity contribution >= 4 is 20.9 Å². The Morgan fingerprint density at radius 1 is 1.32 bits per heavy atom. The summed E-state index contributed by atoms with van der Waals surface area (Å²) >= 11 is 0. The second kappa shape index (κ2) is 6.24. The second-order valence-corrected chi connectivity index (χ2v) is 8.33. The van der Waals surface area contributed by atoms with Crippen molar-refractivity contribution in [3.8, 4) is 0 Å². The van der Waals surface area contributed by atoms with E-state index in [9.17, 15) is 8.42 Å². The van der Waals surface area contributed by atoms with Crippen LogP contribution in [0.15, 0.2) is 47.8 Å². The van der Waals surface area contributed by atoms with Crippen LogP contribution in [0.4, 0.5) is 0 Å². The minimum Gasteiger partial charge on any atom is -0.335 e. The number of aromatic nitrogens is 3. The third kappa shape index (κ3) is 3.17. The van der Waals surface area contributed by atoms with Gasteiger partial charge in [0.2, 0.25) is 10.0 Å². The summed E-state index contributed by atoms with van der Waals surface area (Å²) in [6.07, 6.45) is 7.27. The summed E-state index contributed by atoms with van der Waals surface area (Å²) < 4.78 is 30.5. The highest BCUT2D eigenvalue weighted by molar-refractivity contribution is 7.89. The van der Waals surface area contributed by atoms with E-state index in [4.69, 9.17) is 0 Å². The molecule has 0 aliphatic carbocycles. The van der Waals surface area contributed by atoms with E-state index in [-0.39, 0.29) is 10.8 Å². The van der Waals surface area contributed by atoms with E-state index in [2.05, 4.69) is 19.3 Å². The largest absolute Gasteiger partial charge is 0.335 e. The van der Waals surface area contributed by atoms with E-state index in [1.165, 1.54) is 0 Å². The monoisotopic (exact) mass is 356 g/mol. The third-order valence-electron chi connectivity index (χ3n) is 4.70. The van der Waals surface area contributed by atoms with Gasteiger partial charge in [-0.1, -0.05) is 12.1 Å². The average Bonchev–Trinajstić information content (AvgIpc) is 3.07. The van der Waals surface area contributed by atoms with Gasteiger partial charge in [-0.3, -0.25) is 4.98 Å². The molecule has 2 aromatic heterocycles. The van der Waals surface area contributed by atoms with Crippen molar-refractivity contribution in [1.82, 2.24) is 19.3 Å². The lowest BCUT2D eigenvalue weighted by Gasteiger charge is -2.24. The van der Waals surface area contributed by atoms with Crippen molar-refractivity contribution in [3.63, 3.8) is 0 Å². The SMILES string of the molecule is Cc1cnc2c(S(=O)(=O)NC[C@H]3CCc4nccn4C3)cccc2c1. The number of imidazole rings is 1. The molecule has 0 saturated carbocycles. The van der Waals surface area contributed by atoms with Crippen LogP contribution in [-0.4, -0.2) is 29.5 Å². The molecule has 0 unspecified atom stereocenters. The molecule has 0 amide bonds.